The molecule has 4 atom stereocenters. The van der Waals surface area contributed by atoms with Crippen molar-refractivity contribution in [3.8, 4) is 11.5 Å². The number of aliphatic hydroxyl groups is 1. The number of hydrogen-bond acceptors (Lipinski definition) is 8. The third-order valence-electron chi connectivity index (χ3n) is 6.31. The highest BCUT2D eigenvalue weighted by atomic mass is 16.6. The van der Waals surface area contributed by atoms with Crippen LogP contribution in [0.15, 0.2) is 12.1 Å². The van der Waals surface area contributed by atoms with E-state index in [0.717, 1.165) is 0 Å². The summed E-state index contributed by atoms with van der Waals surface area (Å²) >= 11 is 0. The molecule has 3 heterocycles. The molecule has 1 saturated carbocycles. The molecule has 1 amide bonds. The van der Waals surface area contributed by atoms with Crippen LogP contribution < -0.4 is 14.7 Å². The molecular weight excluding hydrogens is 383 g/mol. The van der Waals surface area contributed by atoms with Gasteiger partial charge in [-0.15, -0.1) is 0 Å². The van der Waals surface area contributed by atoms with E-state index in [2.05, 4.69) is 5.32 Å². The number of carbonyl (C=O) groups excluding carboxylic acids is 1. The van der Waals surface area contributed by atoms with Crippen molar-refractivity contribution in [2.75, 3.05) is 19.6 Å². The van der Waals surface area contributed by atoms with Gasteiger partial charge in [0.25, 0.3) is 0 Å². The number of amides is 1. The van der Waals surface area contributed by atoms with Crippen molar-refractivity contribution in [2.24, 2.45) is 0 Å². The van der Waals surface area contributed by atoms with Gasteiger partial charge >= 0.3 is 12.7 Å². The van der Waals surface area contributed by atoms with Gasteiger partial charge in [0.15, 0.2) is 0 Å². The first-order valence-corrected chi connectivity index (χ1v) is 9.80. The predicted molar refractivity (Wildman–Crippen MR) is 98.7 cm³/mol. The summed E-state index contributed by atoms with van der Waals surface area (Å²) in [6.45, 7) is -2.09. The Balaban J connectivity index is 1.30. The van der Waals surface area contributed by atoms with Gasteiger partial charge in [-0.05, 0) is 24.0 Å². The summed E-state index contributed by atoms with van der Waals surface area (Å²) < 4.78 is 11.1. The molecule has 3 fully saturated rings. The largest absolute Gasteiger partial charge is 0.669 e. The molecule has 156 valence electrons. The molecule has 5 N–H and O–H groups in total. The summed E-state index contributed by atoms with van der Waals surface area (Å²) in [5.41, 5.74) is 0.421. The van der Waals surface area contributed by atoms with E-state index in [9.17, 15) is 29.9 Å². The number of carboxylic acids is 1. The summed E-state index contributed by atoms with van der Waals surface area (Å²) in [6.07, 6.45) is 0.0178. The van der Waals surface area contributed by atoms with Gasteiger partial charge in [0.05, 0.1) is 31.0 Å². The van der Waals surface area contributed by atoms with Crippen LogP contribution in [0.1, 0.15) is 34.7 Å². The van der Waals surface area contributed by atoms with Gasteiger partial charge in [-0.3, -0.25) is 4.79 Å². The van der Waals surface area contributed by atoms with Crippen LogP contribution in [-0.4, -0.2) is 81.7 Å². The molecule has 4 aliphatic rings. The monoisotopic (exact) mass is 405 g/mol. The standard InChI is InChI=1S/C18H22BN2O8/c22-8-3-13(20-5-8)17(23)21-6-9(7-21)28-14-2-1-10-11-4-12(11)19(26,27)29-16(10)15(14)18(24)25/h1-2,8-9,11-13,20,22,26-27H,3-7H2,(H,24,25)/q-1/t8-,11-,12-,13+/m1/s1. The van der Waals surface area contributed by atoms with E-state index in [1.807, 2.05) is 0 Å². The number of carboxylic acid groups (broad SMARTS) is 1. The lowest BCUT2D eigenvalue weighted by molar-refractivity contribution is -0.142. The number of likely N-dealkylation sites (tertiary alicyclic amines) is 1. The normalized spacial score (nSPS) is 31.9. The molecule has 1 aliphatic carbocycles. The minimum atomic E-state index is -3.09. The average Bonchev–Trinajstić information content (AvgIpc) is 3.32. The smallest absolute Gasteiger partial charge is 0.434 e. The Morgan fingerprint density at radius 2 is 2.00 bits per heavy atom. The first-order valence-electron chi connectivity index (χ1n) is 9.80. The summed E-state index contributed by atoms with van der Waals surface area (Å²) in [5, 5.41) is 42.4. The van der Waals surface area contributed by atoms with Crippen LogP contribution in [0, 0.1) is 0 Å². The number of hydrogen-bond donors (Lipinski definition) is 5. The van der Waals surface area contributed by atoms with Crippen LogP contribution in [-0.2, 0) is 4.79 Å². The Morgan fingerprint density at radius 1 is 1.24 bits per heavy atom. The third kappa shape index (κ3) is 3.05. The van der Waals surface area contributed by atoms with E-state index in [1.54, 1.807) is 17.0 Å². The fourth-order valence-corrected chi connectivity index (χ4v) is 4.61. The van der Waals surface area contributed by atoms with Gasteiger partial charge < -0.3 is 39.9 Å². The number of aromatic carboxylic acids is 1. The topological polar surface area (TPSA) is 149 Å². The molecule has 0 radical (unpaired) electrons. The molecule has 11 heteroatoms. The molecule has 0 aromatic heterocycles. The van der Waals surface area contributed by atoms with Crippen LogP contribution in [0.4, 0.5) is 0 Å². The van der Waals surface area contributed by atoms with E-state index in [1.165, 1.54) is 0 Å². The first kappa shape index (κ1) is 18.7. The second-order valence-electron chi connectivity index (χ2n) is 8.38. The number of nitrogens with one attached hydrogen (secondary N) is 1. The SMILES string of the molecule is O=C(O)c1c(OC2CN(C(=O)[C@@H]3C[C@@H](O)CN3)C2)ccc2c1O[B-](O)(O)[C@@H]1C[C@H]21. The summed E-state index contributed by atoms with van der Waals surface area (Å²) in [4.78, 5) is 25.9. The van der Waals surface area contributed by atoms with Crippen LogP contribution >= 0.6 is 0 Å². The predicted octanol–water partition coefficient (Wildman–Crippen LogP) is -1.13. The quantitative estimate of drug-likeness (QED) is 0.393. The zero-order valence-electron chi connectivity index (χ0n) is 15.5. The zero-order valence-corrected chi connectivity index (χ0v) is 15.5. The Hall–Kier alpha value is -2.34. The van der Waals surface area contributed by atoms with E-state index in [4.69, 9.17) is 9.39 Å². The lowest BCUT2D eigenvalue weighted by atomic mass is 9.68. The average molecular weight is 405 g/mol. The van der Waals surface area contributed by atoms with Crippen molar-refractivity contribution in [1.82, 2.24) is 10.2 Å². The van der Waals surface area contributed by atoms with Crippen LogP contribution in [0.25, 0.3) is 0 Å². The second kappa shape index (κ2) is 6.33. The zero-order chi connectivity index (χ0) is 20.5. The number of benzene rings is 1. The molecule has 0 spiro atoms. The maximum atomic E-state index is 12.4. The van der Waals surface area contributed by atoms with Gasteiger partial charge in [0, 0.05) is 6.54 Å². The van der Waals surface area contributed by atoms with Crippen LogP contribution in [0.5, 0.6) is 11.5 Å². The van der Waals surface area contributed by atoms with Crippen molar-refractivity contribution in [3.05, 3.63) is 23.3 Å². The molecule has 1 aromatic carbocycles. The number of fused-ring (bicyclic) bond motifs is 3. The fourth-order valence-electron chi connectivity index (χ4n) is 4.61. The van der Waals surface area contributed by atoms with Gasteiger partial charge in [-0.2, -0.15) is 0 Å². The van der Waals surface area contributed by atoms with E-state index < -0.39 is 30.7 Å². The van der Waals surface area contributed by atoms with Crippen molar-refractivity contribution in [2.45, 2.75) is 42.8 Å². The van der Waals surface area contributed by atoms with Gasteiger partial charge in [0.2, 0.25) is 5.91 Å². The van der Waals surface area contributed by atoms with Gasteiger partial charge in [-0.1, -0.05) is 18.3 Å². The van der Waals surface area contributed by atoms with Crippen LogP contribution in [0.3, 0.4) is 0 Å². The highest BCUT2D eigenvalue weighted by Gasteiger charge is 2.55. The maximum Gasteiger partial charge on any atom is 0.434 e. The Bertz CT molecular complexity index is 887. The molecule has 3 aliphatic heterocycles. The molecule has 0 unspecified atom stereocenters. The minimum absolute atomic E-state index is 0.0462. The van der Waals surface area contributed by atoms with Crippen molar-refractivity contribution < 1.29 is 39.2 Å². The van der Waals surface area contributed by atoms with E-state index in [0.29, 0.717) is 38.0 Å². The third-order valence-corrected chi connectivity index (χ3v) is 6.31. The second-order valence-corrected chi connectivity index (χ2v) is 8.38. The molecule has 10 nitrogen and oxygen atoms in total. The lowest BCUT2D eigenvalue weighted by Gasteiger charge is -2.41. The molecule has 0 bridgehead atoms. The molecule has 29 heavy (non-hydrogen) atoms. The number of nitrogens with zero attached hydrogens (tertiary/aromatic N) is 1. The molecular formula is C18H22BN2O8-. The number of β-amino-alcohol motifs (C(OH)–C–C–N with tert-alkyl or cyclic N) is 1. The van der Waals surface area contributed by atoms with Gasteiger partial charge in [-0.25, -0.2) is 4.79 Å². The Morgan fingerprint density at radius 3 is 2.66 bits per heavy atom. The van der Waals surface area contributed by atoms with Crippen molar-refractivity contribution >= 4 is 18.6 Å². The number of rotatable bonds is 4. The van der Waals surface area contributed by atoms with Gasteiger partial charge in [0.1, 0.15) is 17.4 Å². The maximum absolute atomic E-state index is 12.4. The number of aliphatic hydroxyl groups excluding tert-OH is 1. The summed E-state index contributed by atoms with van der Waals surface area (Å²) in [5.74, 6) is -1.87. The van der Waals surface area contributed by atoms with Crippen molar-refractivity contribution in [3.63, 3.8) is 0 Å². The number of ether oxygens (including phenoxy) is 1. The highest BCUT2D eigenvalue weighted by molar-refractivity contribution is 6.62. The Kier molecular flexibility index (Phi) is 4.08. The van der Waals surface area contributed by atoms with Crippen molar-refractivity contribution in [1.29, 1.82) is 0 Å². The summed E-state index contributed by atoms with van der Waals surface area (Å²) in [6, 6.07) is 2.86. The Labute approximate surface area is 166 Å². The first-order chi connectivity index (χ1) is 13.7. The fraction of sp³-hybridized carbons (Fsp3) is 0.556. The molecule has 2 saturated heterocycles. The lowest BCUT2D eigenvalue weighted by Crippen LogP contribution is -2.59. The highest BCUT2D eigenvalue weighted by Crippen LogP contribution is 2.63. The minimum Gasteiger partial charge on any atom is -0.669 e. The van der Waals surface area contributed by atoms with Crippen LogP contribution in [0.2, 0.25) is 5.82 Å². The summed E-state index contributed by atoms with van der Waals surface area (Å²) in [7, 11) is 0. The molecule has 1 aromatic rings. The number of carbonyl (C=O) groups is 2. The van der Waals surface area contributed by atoms with E-state index >= 15 is 0 Å². The molecule has 5 rings (SSSR count). The van der Waals surface area contributed by atoms with E-state index in [-0.39, 0.29) is 35.0 Å².